The fraction of sp³-hybridized carbons (Fsp3) is 0.556. The second-order valence-corrected chi connectivity index (χ2v) is 3.46. The van der Waals surface area contributed by atoms with E-state index in [0.29, 0.717) is 11.3 Å². The number of carbonyl (C=O) groups excluding carboxylic acids is 1. The van der Waals surface area contributed by atoms with Crippen molar-refractivity contribution < 1.29 is 18.3 Å². The van der Waals surface area contributed by atoms with Gasteiger partial charge in [0.05, 0.1) is 25.5 Å². The summed E-state index contributed by atoms with van der Waals surface area (Å²) in [5.41, 5.74) is 0.774. The highest BCUT2D eigenvalue weighted by Crippen LogP contribution is 2.29. The third kappa shape index (κ3) is 1.77. The molecule has 0 bridgehead atoms. The van der Waals surface area contributed by atoms with Gasteiger partial charge in [0.1, 0.15) is 5.69 Å². The summed E-state index contributed by atoms with van der Waals surface area (Å²) in [4.78, 5) is 10.9. The minimum Gasteiger partial charge on any atom is -0.370 e. The number of ketones is 1. The van der Waals surface area contributed by atoms with E-state index >= 15 is 0 Å². The van der Waals surface area contributed by atoms with E-state index in [4.69, 9.17) is 4.74 Å². The molecule has 4 nitrogen and oxygen atoms in total. The Morgan fingerprint density at radius 2 is 2.33 bits per heavy atom. The number of aromatic nitrogens is 2. The third-order valence-electron chi connectivity index (χ3n) is 2.26. The average molecular weight is 216 g/mol. The van der Waals surface area contributed by atoms with Crippen LogP contribution in [0.4, 0.5) is 8.78 Å². The van der Waals surface area contributed by atoms with Crippen LogP contribution in [-0.4, -0.2) is 15.6 Å². The first-order chi connectivity index (χ1) is 7.09. The second kappa shape index (κ2) is 3.69. The van der Waals surface area contributed by atoms with Gasteiger partial charge in [-0.25, -0.2) is 8.78 Å². The van der Waals surface area contributed by atoms with Crippen molar-refractivity contribution in [3.05, 3.63) is 17.0 Å². The Balaban J connectivity index is 2.40. The molecule has 2 rings (SSSR count). The van der Waals surface area contributed by atoms with Gasteiger partial charge < -0.3 is 4.74 Å². The van der Waals surface area contributed by atoms with Gasteiger partial charge in [-0.2, -0.15) is 5.10 Å². The smallest absolute Gasteiger partial charge is 0.282 e. The maximum atomic E-state index is 12.6. The molecule has 1 aliphatic rings. The van der Waals surface area contributed by atoms with Crippen molar-refractivity contribution in [2.45, 2.75) is 33.1 Å². The Morgan fingerprint density at radius 3 is 2.93 bits per heavy atom. The highest BCUT2D eigenvalue weighted by molar-refractivity contribution is 5.75. The number of alkyl halides is 2. The number of carbonyl (C=O) groups is 1. The van der Waals surface area contributed by atoms with Crippen LogP contribution in [0.5, 0.6) is 0 Å². The number of rotatable bonds is 3. The van der Waals surface area contributed by atoms with Gasteiger partial charge in [-0.3, -0.25) is 9.48 Å². The van der Waals surface area contributed by atoms with E-state index in [2.05, 4.69) is 5.10 Å². The molecule has 0 N–H and O–H groups in total. The van der Waals surface area contributed by atoms with Crippen LogP contribution >= 0.6 is 0 Å². The molecular formula is C9H10F2N2O2. The van der Waals surface area contributed by atoms with Crippen LogP contribution in [0.25, 0.3) is 0 Å². The summed E-state index contributed by atoms with van der Waals surface area (Å²) in [6, 6.07) is 0. The van der Waals surface area contributed by atoms with Gasteiger partial charge in [-0.15, -0.1) is 0 Å². The van der Waals surface area contributed by atoms with Crippen LogP contribution in [0.15, 0.2) is 0 Å². The Labute approximate surface area is 84.8 Å². The van der Waals surface area contributed by atoms with Crippen LogP contribution in [0, 0.1) is 0 Å². The number of hydrogen-bond donors (Lipinski definition) is 0. The summed E-state index contributed by atoms with van der Waals surface area (Å²) in [7, 11) is 0. The molecule has 2 heterocycles. The number of nitrogens with zero attached hydrogens (tertiary/aromatic N) is 2. The van der Waals surface area contributed by atoms with Crippen molar-refractivity contribution in [1.82, 2.24) is 9.78 Å². The van der Waals surface area contributed by atoms with E-state index in [9.17, 15) is 13.6 Å². The highest BCUT2D eigenvalue weighted by atomic mass is 19.3. The number of hydrogen-bond acceptors (Lipinski definition) is 3. The maximum Gasteiger partial charge on any atom is 0.282 e. The molecule has 0 aliphatic carbocycles. The fourth-order valence-electron chi connectivity index (χ4n) is 1.64. The maximum absolute atomic E-state index is 12.6. The lowest BCUT2D eigenvalue weighted by atomic mass is 10.2. The van der Waals surface area contributed by atoms with E-state index in [0.717, 1.165) is 0 Å². The monoisotopic (exact) mass is 216 g/mol. The predicted molar refractivity (Wildman–Crippen MR) is 46.4 cm³/mol. The molecule has 0 spiro atoms. The van der Waals surface area contributed by atoms with Gasteiger partial charge in [0, 0.05) is 5.56 Å². The van der Waals surface area contributed by atoms with Crippen molar-refractivity contribution in [3.63, 3.8) is 0 Å². The first kappa shape index (κ1) is 10.2. The molecule has 82 valence electrons. The van der Waals surface area contributed by atoms with Crippen LogP contribution < -0.4 is 0 Å². The molecule has 0 amide bonds. The van der Waals surface area contributed by atoms with Crippen molar-refractivity contribution in [1.29, 1.82) is 0 Å². The van der Waals surface area contributed by atoms with E-state index < -0.39 is 6.43 Å². The number of halogens is 2. The van der Waals surface area contributed by atoms with E-state index in [1.807, 2.05) is 0 Å². The van der Waals surface area contributed by atoms with Crippen LogP contribution in [-0.2, 0) is 29.3 Å². The van der Waals surface area contributed by atoms with E-state index in [1.165, 1.54) is 11.6 Å². The van der Waals surface area contributed by atoms with Gasteiger partial charge in [0.25, 0.3) is 6.43 Å². The van der Waals surface area contributed by atoms with Crippen molar-refractivity contribution in [2.24, 2.45) is 0 Å². The van der Waals surface area contributed by atoms with Crippen molar-refractivity contribution in [2.75, 3.05) is 0 Å². The number of Topliss-reactive ketones (excluding diaryl/α,β-unsaturated/α-hetero) is 1. The SMILES string of the molecule is CC(=O)Cn1nc(C(F)F)c2c1COC2. The Bertz CT molecular complexity index is 401. The minimum absolute atomic E-state index is 0.0262. The van der Waals surface area contributed by atoms with Gasteiger partial charge in [0.2, 0.25) is 0 Å². The van der Waals surface area contributed by atoms with Gasteiger partial charge in [-0.05, 0) is 6.92 Å². The van der Waals surface area contributed by atoms with Crippen molar-refractivity contribution >= 4 is 5.78 Å². The van der Waals surface area contributed by atoms with Gasteiger partial charge in [0.15, 0.2) is 5.78 Å². The predicted octanol–water partition coefficient (Wildman–Crippen LogP) is 1.44. The first-order valence-corrected chi connectivity index (χ1v) is 4.53. The van der Waals surface area contributed by atoms with Gasteiger partial charge >= 0.3 is 0 Å². The normalized spacial score (nSPS) is 14.7. The lowest BCUT2D eigenvalue weighted by Crippen LogP contribution is -2.11. The largest absolute Gasteiger partial charge is 0.370 e. The summed E-state index contributed by atoms with van der Waals surface area (Å²) in [5, 5.41) is 3.74. The molecule has 0 aromatic carbocycles. The molecule has 6 heteroatoms. The fourth-order valence-corrected chi connectivity index (χ4v) is 1.64. The number of fused-ring (bicyclic) bond motifs is 1. The molecule has 15 heavy (non-hydrogen) atoms. The minimum atomic E-state index is -2.62. The average Bonchev–Trinajstić information content (AvgIpc) is 2.66. The highest BCUT2D eigenvalue weighted by Gasteiger charge is 2.27. The topological polar surface area (TPSA) is 44.1 Å². The lowest BCUT2D eigenvalue weighted by molar-refractivity contribution is -0.117. The van der Waals surface area contributed by atoms with Crippen LogP contribution in [0.2, 0.25) is 0 Å². The lowest BCUT2D eigenvalue weighted by Gasteiger charge is -2.01. The molecule has 0 radical (unpaired) electrons. The zero-order chi connectivity index (χ0) is 11.0. The second-order valence-electron chi connectivity index (χ2n) is 3.46. The molecule has 1 aromatic heterocycles. The van der Waals surface area contributed by atoms with E-state index in [1.54, 1.807) is 0 Å². The Kier molecular flexibility index (Phi) is 2.52. The summed E-state index contributed by atoms with van der Waals surface area (Å²) >= 11 is 0. The molecule has 0 saturated heterocycles. The molecule has 0 unspecified atom stereocenters. The molecule has 0 saturated carbocycles. The van der Waals surface area contributed by atoms with Crippen LogP contribution in [0.1, 0.15) is 30.3 Å². The summed E-state index contributed by atoms with van der Waals surface area (Å²) in [5.74, 6) is -0.118. The Hall–Kier alpha value is -1.30. The summed E-state index contributed by atoms with van der Waals surface area (Å²) < 4.78 is 31.5. The molecule has 1 aromatic rings. The zero-order valence-electron chi connectivity index (χ0n) is 8.17. The third-order valence-corrected chi connectivity index (χ3v) is 2.26. The first-order valence-electron chi connectivity index (χ1n) is 4.53. The zero-order valence-corrected chi connectivity index (χ0v) is 8.17. The molecular weight excluding hydrogens is 206 g/mol. The van der Waals surface area contributed by atoms with Crippen molar-refractivity contribution in [3.8, 4) is 0 Å². The van der Waals surface area contributed by atoms with Gasteiger partial charge in [-0.1, -0.05) is 0 Å². The molecule has 1 aliphatic heterocycles. The standard InChI is InChI=1S/C9H10F2N2O2/c1-5(14)2-13-7-4-15-3-6(7)8(12-13)9(10)11/h9H,2-4H2,1H3. The van der Waals surface area contributed by atoms with Crippen LogP contribution in [0.3, 0.4) is 0 Å². The number of ether oxygens (including phenoxy) is 1. The van der Waals surface area contributed by atoms with E-state index in [-0.39, 0.29) is 31.2 Å². The Morgan fingerprint density at radius 1 is 1.60 bits per heavy atom. The summed E-state index contributed by atoms with van der Waals surface area (Å²) in [6.07, 6.45) is -2.62. The molecule has 0 atom stereocenters. The quantitative estimate of drug-likeness (QED) is 0.767. The molecule has 0 fully saturated rings. The summed E-state index contributed by atoms with van der Waals surface area (Å²) in [6.45, 7) is 1.83.